The third-order valence-corrected chi connectivity index (χ3v) is 2.28. The number of nitrogens with two attached hydrogens (primary N) is 1. The lowest BCUT2D eigenvalue weighted by Crippen LogP contribution is -1.97. The molecular weight excluding hydrogens is 216 g/mol. The van der Waals surface area contributed by atoms with Gasteiger partial charge in [-0.2, -0.15) is 4.98 Å². The summed E-state index contributed by atoms with van der Waals surface area (Å²) in [6.07, 6.45) is 0. The molecule has 2 rings (SSSR count). The summed E-state index contributed by atoms with van der Waals surface area (Å²) in [6, 6.07) is 11.1. The third-order valence-electron chi connectivity index (χ3n) is 2.28. The highest BCUT2D eigenvalue weighted by Gasteiger charge is 2.06. The van der Waals surface area contributed by atoms with Crippen LogP contribution in [0.5, 0.6) is 17.5 Å². The maximum Gasteiger partial charge on any atom is 0.246 e. The highest BCUT2D eigenvalue weighted by Crippen LogP contribution is 2.27. The minimum Gasteiger partial charge on any atom is -0.481 e. The number of benzene rings is 1. The van der Waals surface area contributed by atoms with E-state index >= 15 is 0 Å². The van der Waals surface area contributed by atoms with Gasteiger partial charge in [-0.15, -0.1) is 0 Å². The van der Waals surface area contributed by atoms with Gasteiger partial charge in [-0.3, -0.25) is 0 Å². The van der Waals surface area contributed by atoms with Crippen LogP contribution in [-0.4, -0.2) is 12.1 Å². The van der Waals surface area contributed by atoms with Gasteiger partial charge in [0.05, 0.1) is 12.8 Å². The predicted octanol–water partition coefficient (Wildman–Crippen LogP) is 2.77. The maximum absolute atomic E-state index is 5.79. The molecule has 17 heavy (non-hydrogen) atoms. The lowest BCUT2D eigenvalue weighted by Gasteiger charge is -2.09. The van der Waals surface area contributed by atoms with Crippen LogP contribution in [0.25, 0.3) is 0 Å². The average molecular weight is 230 g/mol. The quantitative estimate of drug-likeness (QED) is 0.880. The van der Waals surface area contributed by atoms with Gasteiger partial charge in [-0.1, -0.05) is 12.1 Å². The van der Waals surface area contributed by atoms with Crippen LogP contribution in [-0.2, 0) is 0 Å². The van der Waals surface area contributed by atoms with E-state index in [1.165, 1.54) is 0 Å². The Morgan fingerprint density at radius 1 is 1.18 bits per heavy atom. The number of aromatic nitrogens is 1. The summed E-state index contributed by atoms with van der Waals surface area (Å²) in [5.41, 5.74) is 7.38. The molecule has 0 spiro atoms. The summed E-state index contributed by atoms with van der Waals surface area (Å²) >= 11 is 0. The minimum absolute atomic E-state index is 0.356. The van der Waals surface area contributed by atoms with Crippen LogP contribution < -0.4 is 15.2 Å². The summed E-state index contributed by atoms with van der Waals surface area (Å²) < 4.78 is 10.6. The van der Waals surface area contributed by atoms with Crippen LogP contribution in [0.3, 0.4) is 0 Å². The molecule has 4 heteroatoms. The molecule has 0 bridgehead atoms. The van der Waals surface area contributed by atoms with Gasteiger partial charge in [0.1, 0.15) is 5.75 Å². The molecule has 4 nitrogen and oxygen atoms in total. The van der Waals surface area contributed by atoms with Crippen molar-refractivity contribution in [2.45, 2.75) is 6.92 Å². The van der Waals surface area contributed by atoms with Crippen molar-refractivity contribution in [3.05, 3.63) is 42.0 Å². The Labute approximate surface area is 100 Å². The SMILES string of the molecule is COc1ccc(N)c(Oc2cccc(C)c2)n1. The fourth-order valence-electron chi connectivity index (χ4n) is 1.42. The van der Waals surface area contributed by atoms with Crippen LogP contribution in [0.4, 0.5) is 5.69 Å². The number of nitrogens with zero attached hydrogens (tertiary/aromatic N) is 1. The monoisotopic (exact) mass is 230 g/mol. The van der Waals surface area contributed by atoms with Crippen LogP contribution in [0.1, 0.15) is 5.56 Å². The number of nitrogen functional groups attached to an aromatic ring is 1. The third kappa shape index (κ3) is 2.66. The highest BCUT2D eigenvalue weighted by molar-refractivity contribution is 5.51. The Morgan fingerprint density at radius 2 is 2.00 bits per heavy atom. The maximum atomic E-state index is 5.79. The van der Waals surface area contributed by atoms with Crippen molar-refractivity contribution in [3.8, 4) is 17.5 Å². The molecule has 0 aliphatic heterocycles. The van der Waals surface area contributed by atoms with Gasteiger partial charge < -0.3 is 15.2 Å². The van der Waals surface area contributed by atoms with E-state index in [0.29, 0.717) is 23.2 Å². The van der Waals surface area contributed by atoms with E-state index in [-0.39, 0.29) is 0 Å². The van der Waals surface area contributed by atoms with Crippen molar-refractivity contribution >= 4 is 5.69 Å². The van der Waals surface area contributed by atoms with E-state index in [1.807, 2.05) is 31.2 Å². The smallest absolute Gasteiger partial charge is 0.246 e. The van der Waals surface area contributed by atoms with Crippen LogP contribution in [0, 0.1) is 6.92 Å². The molecule has 0 fully saturated rings. The number of pyridine rings is 1. The number of methoxy groups -OCH3 is 1. The number of hydrogen-bond donors (Lipinski definition) is 1. The number of anilines is 1. The van der Waals surface area contributed by atoms with E-state index in [4.69, 9.17) is 15.2 Å². The van der Waals surface area contributed by atoms with Crippen molar-refractivity contribution in [3.63, 3.8) is 0 Å². The van der Waals surface area contributed by atoms with Gasteiger partial charge in [0.25, 0.3) is 0 Å². The standard InChI is InChI=1S/C13H14N2O2/c1-9-4-3-5-10(8-9)17-13-11(14)6-7-12(15-13)16-2/h3-8H,14H2,1-2H3. The number of hydrogen-bond acceptors (Lipinski definition) is 4. The molecule has 88 valence electrons. The molecule has 2 N–H and O–H groups in total. The zero-order chi connectivity index (χ0) is 12.3. The van der Waals surface area contributed by atoms with Gasteiger partial charge in [0.2, 0.25) is 11.8 Å². The van der Waals surface area contributed by atoms with Crippen molar-refractivity contribution < 1.29 is 9.47 Å². The van der Waals surface area contributed by atoms with Crippen molar-refractivity contribution in [1.82, 2.24) is 4.98 Å². The molecule has 0 aliphatic carbocycles. The van der Waals surface area contributed by atoms with Gasteiger partial charge in [-0.25, -0.2) is 0 Å². The molecule has 0 amide bonds. The largest absolute Gasteiger partial charge is 0.481 e. The number of ether oxygens (including phenoxy) is 2. The Hall–Kier alpha value is -2.23. The Bertz CT molecular complexity index is 527. The predicted molar refractivity (Wildman–Crippen MR) is 66.5 cm³/mol. The molecule has 0 atom stereocenters. The first-order chi connectivity index (χ1) is 8.19. The molecule has 1 heterocycles. The zero-order valence-electron chi connectivity index (χ0n) is 9.81. The summed E-state index contributed by atoms with van der Waals surface area (Å²) in [6.45, 7) is 2.00. The Kier molecular flexibility index (Phi) is 3.14. The molecule has 1 aromatic heterocycles. The first-order valence-electron chi connectivity index (χ1n) is 5.24. The van der Waals surface area contributed by atoms with E-state index < -0.39 is 0 Å². The zero-order valence-corrected chi connectivity index (χ0v) is 9.81. The van der Waals surface area contributed by atoms with Crippen LogP contribution in [0.15, 0.2) is 36.4 Å². The van der Waals surface area contributed by atoms with Crippen LogP contribution in [0.2, 0.25) is 0 Å². The van der Waals surface area contributed by atoms with Crippen LogP contribution >= 0.6 is 0 Å². The van der Waals surface area contributed by atoms with E-state index in [1.54, 1.807) is 19.2 Å². The lowest BCUT2D eigenvalue weighted by molar-refractivity contribution is 0.384. The number of rotatable bonds is 3. The van der Waals surface area contributed by atoms with Gasteiger partial charge in [-0.05, 0) is 30.7 Å². The van der Waals surface area contributed by atoms with Gasteiger partial charge >= 0.3 is 0 Å². The van der Waals surface area contributed by atoms with Crippen molar-refractivity contribution in [2.75, 3.05) is 12.8 Å². The van der Waals surface area contributed by atoms with Crippen molar-refractivity contribution in [2.24, 2.45) is 0 Å². The molecule has 0 radical (unpaired) electrons. The summed E-state index contributed by atoms with van der Waals surface area (Å²) in [7, 11) is 1.55. The second-order valence-electron chi connectivity index (χ2n) is 3.67. The molecule has 0 aliphatic rings. The van der Waals surface area contributed by atoms with E-state index in [2.05, 4.69) is 4.98 Å². The summed E-state index contributed by atoms with van der Waals surface area (Å²) in [5, 5.41) is 0. The van der Waals surface area contributed by atoms with E-state index in [0.717, 1.165) is 5.56 Å². The molecule has 2 aromatic rings. The fourth-order valence-corrected chi connectivity index (χ4v) is 1.42. The van der Waals surface area contributed by atoms with Crippen molar-refractivity contribution in [1.29, 1.82) is 0 Å². The molecule has 0 saturated carbocycles. The second-order valence-corrected chi connectivity index (χ2v) is 3.67. The second kappa shape index (κ2) is 4.74. The first kappa shape index (κ1) is 11.3. The highest BCUT2D eigenvalue weighted by atomic mass is 16.5. The molecule has 1 aromatic carbocycles. The van der Waals surface area contributed by atoms with E-state index in [9.17, 15) is 0 Å². The van der Waals surface area contributed by atoms with Gasteiger partial charge in [0, 0.05) is 6.07 Å². The normalized spacial score (nSPS) is 10.0. The molecule has 0 unspecified atom stereocenters. The minimum atomic E-state index is 0.356. The lowest BCUT2D eigenvalue weighted by atomic mass is 10.2. The molecule has 0 saturated heterocycles. The van der Waals surface area contributed by atoms with Gasteiger partial charge in [0.15, 0.2) is 0 Å². The summed E-state index contributed by atoms with van der Waals surface area (Å²) in [4.78, 5) is 4.15. The number of aryl methyl sites for hydroxylation is 1. The first-order valence-corrected chi connectivity index (χ1v) is 5.24. The Balaban J connectivity index is 2.29. The average Bonchev–Trinajstić information content (AvgIpc) is 2.32. The summed E-state index contributed by atoms with van der Waals surface area (Å²) in [5.74, 6) is 1.54. The fraction of sp³-hybridized carbons (Fsp3) is 0.154. The Morgan fingerprint density at radius 3 is 2.71 bits per heavy atom. The molecular formula is C13H14N2O2. The topological polar surface area (TPSA) is 57.4 Å².